The lowest BCUT2D eigenvalue weighted by atomic mass is 9.90. The summed E-state index contributed by atoms with van der Waals surface area (Å²) in [6.07, 6.45) is 0.915. The molecule has 3 rings (SSSR count). The number of hydrogen-bond acceptors (Lipinski definition) is 5. The average molecular weight is 346 g/mol. The van der Waals surface area contributed by atoms with E-state index in [1.165, 1.54) is 16.1 Å². The number of morpholine rings is 1. The molecule has 0 saturated carbocycles. The van der Waals surface area contributed by atoms with Gasteiger partial charge in [0.05, 0.1) is 26.0 Å². The number of methoxy groups -OCH3 is 1. The van der Waals surface area contributed by atoms with Gasteiger partial charge >= 0.3 is 0 Å². The predicted octanol–water partition coefficient (Wildman–Crippen LogP) is 3.88. The molecule has 0 spiro atoms. The van der Waals surface area contributed by atoms with Crippen LogP contribution in [0.4, 0.5) is 5.13 Å². The molecule has 5 heteroatoms. The van der Waals surface area contributed by atoms with Crippen molar-refractivity contribution >= 4 is 16.5 Å². The second kappa shape index (κ2) is 7.11. The van der Waals surface area contributed by atoms with Gasteiger partial charge in [0.15, 0.2) is 5.13 Å². The Morgan fingerprint density at radius 2 is 1.83 bits per heavy atom. The van der Waals surface area contributed by atoms with Crippen LogP contribution in [0.25, 0.3) is 0 Å². The zero-order valence-electron chi connectivity index (χ0n) is 15.0. The summed E-state index contributed by atoms with van der Waals surface area (Å²) in [5, 5.41) is 1.13. The van der Waals surface area contributed by atoms with Crippen molar-refractivity contribution in [3.8, 4) is 5.75 Å². The summed E-state index contributed by atoms with van der Waals surface area (Å²) in [6.45, 7) is 10.2. The van der Waals surface area contributed by atoms with Crippen molar-refractivity contribution in [3.63, 3.8) is 0 Å². The number of ether oxygens (including phenoxy) is 2. The number of aromatic nitrogens is 1. The molecule has 1 aliphatic heterocycles. The Hall–Kier alpha value is -1.59. The lowest BCUT2D eigenvalue weighted by molar-refractivity contribution is 0.122. The van der Waals surface area contributed by atoms with E-state index in [-0.39, 0.29) is 5.41 Å². The van der Waals surface area contributed by atoms with Crippen LogP contribution in [0.3, 0.4) is 0 Å². The number of hydrogen-bond donors (Lipinski definition) is 0. The summed E-state index contributed by atoms with van der Waals surface area (Å²) in [5.74, 6) is 0.896. The Balaban J connectivity index is 1.87. The fourth-order valence-electron chi connectivity index (χ4n) is 2.86. The first-order valence-electron chi connectivity index (χ1n) is 8.43. The molecule has 1 aromatic heterocycles. The summed E-state index contributed by atoms with van der Waals surface area (Å²) >= 11 is 1.83. The maximum atomic E-state index is 5.47. The molecule has 0 N–H and O–H groups in total. The molecule has 1 saturated heterocycles. The largest absolute Gasteiger partial charge is 0.497 e. The Labute approximate surface area is 148 Å². The molecule has 0 aliphatic carbocycles. The molecule has 1 aromatic carbocycles. The second-order valence-electron chi connectivity index (χ2n) is 7.14. The Bertz CT molecular complexity index is 668. The van der Waals surface area contributed by atoms with Gasteiger partial charge < -0.3 is 14.4 Å². The van der Waals surface area contributed by atoms with Gasteiger partial charge in [-0.05, 0) is 17.7 Å². The van der Waals surface area contributed by atoms with Crippen LogP contribution in [0.2, 0.25) is 0 Å². The normalized spacial score (nSPS) is 15.6. The van der Waals surface area contributed by atoms with Gasteiger partial charge in [-0.1, -0.05) is 32.9 Å². The van der Waals surface area contributed by atoms with Crippen LogP contribution in [-0.4, -0.2) is 38.4 Å². The molecular weight excluding hydrogens is 320 g/mol. The van der Waals surface area contributed by atoms with Crippen LogP contribution in [-0.2, 0) is 16.6 Å². The Morgan fingerprint density at radius 3 is 2.42 bits per heavy atom. The quantitative estimate of drug-likeness (QED) is 0.841. The predicted molar refractivity (Wildman–Crippen MR) is 99.6 cm³/mol. The minimum Gasteiger partial charge on any atom is -0.497 e. The van der Waals surface area contributed by atoms with E-state index < -0.39 is 0 Å². The monoisotopic (exact) mass is 346 g/mol. The molecule has 0 bridgehead atoms. The van der Waals surface area contributed by atoms with Crippen LogP contribution in [0, 0.1) is 0 Å². The summed E-state index contributed by atoms with van der Waals surface area (Å²) in [5.41, 5.74) is 2.55. The van der Waals surface area contributed by atoms with E-state index in [1.54, 1.807) is 7.11 Å². The maximum Gasteiger partial charge on any atom is 0.185 e. The van der Waals surface area contributed by atoms with Crippen molar-refractivity contribution in [1.82, 2.24) is 4.98 Å². The minimum atomic E-state index is 0.0445. The highest BCUT2D eigenvalue weighted by molar-refractivity contribution is 7.15. The van der Waals surface area contributed by atoms with Crippen LogP contribution in [0.1, 0.15) is 36.9 Å². The molecular formula is C19H26N2O2S. The van der Waals surface area contributed by atoms with Gasteiger partial charge in [-0.2, -0.15) is 0 Å². The van der Waals surface area contributed by atoms with Crippen molar-refractivity contribution in [2.75, 3.05) is 38.3 Å². The molecule has 24 heavy (non-hydrogen) atoms. The topological polar surface area (TPSA) is 34.6 Å². The molecule has 1 aliphatic rings. The highest BCUT2D eigenvalue weighted by Crippen LogP contribution is 2.35. The van der Waals surface area contributed by atoms with Gasteiger partial charge in [0.25, 0.3) is 0 Å². The summed E-state index contributed by atoms with van der Waals surface area (Å²) in [4.78, 5) is 8.70. The summed E-state index contributed by atoms with van der Waals surface area (Å²) in [6, 6.07) is 8.32. The van der Waals surface area contributed by atoms with E-state index in [0.29, 0.717) is 0 Å². The van der Waals surface area contributed by atoms with Crippen molar-refractivity contribution in [1.29, 1.82) is 0 Å². The van der Waals surface area contributed by atoms with Crippen molar-refractivity contribution in [2.24, 2.45) is 0 Å². The zero-order chi connectivity index (χ0) is 17.2. The van der Waals surface area contributed by atoms with E-state index in [4.69, 9.17) is 14.5 Å². The molecule has 0 amide bonds. The lowest BCUT2D eigenvalue weighted by Crippen LogP contribution is -2.36. The van der Waals surface area contributed by atoms with Gasteiger partial charge in [-0.25, -0.2) is 4.98 Å². The van der Waals surface area contributed by atoms with Crippen molar-refractivity contribution < 1.29 is 9.47 Å². The van der Waals surface area contributed by atoms with Crippen molar-refractivity contribution in [3.05, 3.63) is 40.4 Å². The fourth-order valence-corrected chi connectivity index (χ4v) is 4.22. The van der Waals surface area contributed by atoms with Gasteiger partial charge in [-0.15, -0.1) is 11.3 Å². The van der Waals surface area contributed by atoms with Crippen molar-refractivity contribution in [2.45, 2.75) is 32.6 Å². The molecule has 0 radical (unpaired) electrons. The summed E-state index contributed by atoms with van der Waals surface area (Å²) < 4.78 is 10.7. The molecule has 0 atom stereocenters. The van der Waals surface area contributed by atoms with Gasteiger partial charge in [-0.3, -0.25) is 0 Å². The first-order chi connectivity index (χ1) is 11.5. The van der Waals surface area contributed by atoms with E-state index in [0.717, 1.165) is 43.6 Å². The van der Waals surface area contributed by atoms with E-state index in [2.05, 4.69) is 37.8 Å². The van der Waals surface area contributed by atoms with E-state index >= 15 is 0 Å². The average Bonchev–Trinajstić information content (AvgIpc) is 3.00. The molecule has 4 nitrogen and oxygen atoms in total. The third-order valence-corrected chi connectivity index (χ3v) is 5.32. The third-order valence-electron chi connectivity index (χ3n) is 4.20. The first-order valence-corrected chi connectivity index (χ1v) is 9.25. The fraction of sp³-hybridized carbons (Fsp3) is 0.526. The molecule has 1 fully saturated rings. The van der Waals surface area contributed by atoms with E-state index in [1.807, 2.05) is 23.5 Å². The van der Waals surface area contributed by atoms with Crippen LogP contribution >= 0.6 is 11.3 Å². The number of nitrogens with zero attached hydrogens (tertiary/aromatic N) is 2. The first kappa shape index (κ1) is 17.2. The highest BCUT2D eigenvalue weighted by atomic mass is 32.1. The summed E-state index contributed by atoms with van der Waals surface area (Å²) in [7, 11) is 1.70. The smallest absolute Gasteiger partial charge is 0.185 e. The van der Waals surface area contributed by atoms with Gasteiger partial charge in [0, 0.05) is 29.8 Å². The molecule has 0 unspecified atom stereocenters. The number of rotatable bonds is 4. The SMILES string of the molecule is COc1ccc(Cc2sc(N3CCOCC3)nc2C(C)(C)C)cc1. The number of benzene rings is 1. The lowest BCUT2D eigenvalue weighted by Gasteiger charge is -2.26. The highest BCUT2D eigenvalue weighted by Gasteiger charge is 2.25. The van der Waals surface area contributed by atoms with Crippen LogP contribution in [0.5, 0.6) is 5.75 Å². The third kappa shape index (κ3) is 3.90. The minimum absolute atomic E-state index is 0.0445. The zero-order valence-corrected chi connectivity index (χ0v) is 15.8. The van der Waals surface area contributed by atoms with E-state index in [9.17, 15) is 0 Å². The maximum absolute atomic E-state index is 5.47. The molecule has 2 aromatic rings. The van der Waals surface area contributed by atoms with Crippen LogP contribution < -0.4 is 9.64 Å². The second-order valence-corrected chi connectivity index (χ2v) is 8.20. The Kier molecular flexibility index (Phi) is 5.11. The molecule has 2 heterocycles. The van der Waals surface area contributed by atoms with Gasteiger partial charge in [0.2, 0.25) is 0 Å². The van der Waals surface area contributed by atoms with Gasteiger partial charge in [0.1, 0.15) is 5.75 Å². The standard InChI is InChI=1S/C19H26N2O2S/c1-19(2,3)17-16(13-14-5-7-15(22-4)8-6-14)24-18(20-17)21-9-11-23-12-10-21/h5-8H,9-13H2,1-4H3. The molecule has 130 valence electrons. The number of thiazole rings is 1. The van der Waals surface area contributed by atoms with Crippen LogP contribution in [0.15, 0.2) is 24.3 Å². The number of anilines is 1. The Morgan fingerprint density at radius 1 is 1.17 bits per heavy atom.